The summed E-state index contributed by atoms with van der Waals surface area (Å²) in [4.78, 5) is 16.7. The van der Waals surface area contributed by atoms with Crippen molar-refractivity contribution >= 4 is 5.91 Å². The second-order valence-corrected chi connectivity index (χ2v) is 7.60. The Labute approximate surface area is 164 Å². The molecule has 28 heavy (non-hydrogen) atoms. The standard InChI is InChI=1S/C20H30N2O6/c23-9-6-15-10-14(24)11-18(27-15)28-17-3-1-2-16(25)19(17)20(26)22-12-13-4-7-21-8-5-13/h4-5,7-8,14-19,23-25H,1-3,6,9-12H2,(H,22,26)/t14-,15+,16?,17?,18-,19?/m0/s1. The highest BCUT2D eigenvalue weighted by Crippen LogP contribution is 2.32. The third-order valence-corrected chi connectivity index (χ3v) is 5.44. The Balaban J connectivity index is 1.60. The van der Waals surface area contributed by atoms with Crippen molar-refractivity contribution in [3.63, 3.8) is 0 Å². The van der Waals surface area contributed by atoms with E-state index in [0.29, 0.717) is 38.6 Å². The van der Waals surface area contributed by atoms with Crippen LogP contribution in [0.25, 0.3) is 0 Å². The van der Waals surface area contributed by atoms with Crippen molar-refractivity contribution in [3.8, 4) is 0 Å². The molecule has 0 radical (unpaired) electrons. The summed E-state index contributed by atoms with van der Waals surface area (Å²) in [6.45, 7) is 0.334. The van der Waals surface area contributed by atoms with Crippen LogP contribution < -0.4 is 5.32 Å². The van der Waals surface area contributed by atoms with Gasteiger partial charge in [0.1, 0.15) is 0 Å². The van der Waals surface area contributed by atoms with Crippen molar-refractivity contribution in [2.45, 2.75) is 75.8 Å². The zero-order chi connectivity index (χ0) is 19.9. The van der Waals surface area contributed by atoms with Crippen molar-refractivity contribution in [1.29, 1.82) is 0 Å². The van der Waals surface area contributed by atoms with Crippen LogP contribution in [-0.2, 0) is 20.8 Å². The quantitative estimate of drug-likeness (QED) is 0.531. The molecular weight excluding hydrogens is 364 g/mol. The fourth-order valence-corrected chi connectivity index (χ4v) is 4.00. The van der Waals surface area contributed by atoms with Gasteiger partial charge in [-0.2, -0.15) is 0 Å². The number of ether oxygens (including phenoxy) is 2. The second-order valence-electron chi connectivity index (χ2n) is 7.60. The van der Waals surface area contributed by atoms with Crippen LogP contribution in [0.5, 0.6) is 0 Å². The number of carbonyl (C=O) groups excluding carboxylic acids is 1. The molecule has 8 nitrogen and oxygen atoms in total. The first-order valence-electron chi connectivity index (χ1n) is 10.0. The highest BCUT2D eigenvalue weighted by molar-refractivity contribution is 5.80. The highest BCUT2D eigenvalue weighted by atomic mass is 16.7. The minimum Gasteiger partial charge on any atom is -0.396 e. The van der Waals surface area contributed by atoms with E-state index >= 15 is 0 Å². The van der Waals surface area contributed by atoms with Crippen LogP contribution in [0.2, 0.25) is 0 Å². The second kappa shape index (κ2) is 10.3. The van der Waals surface area contributed by atoms with Gasteiger partial charge in [-0.3, -0.25) is 9.78 Å². The molecule has 6 atom stereocenters. The number of aromatic nitrogens is 1. The van der Waals surface area contributed by atoms with Crippen LogP contribution in [0, 0.1) is 5.92 Å². The van der Waals surface area contributed by atoms with Gasteiger partial charge in [0.25, 0.3) is 0 Å². The smallest absolute Gasteiger partial charge is 0.228 e. The molecule has 1 aliphatic heterocycles. The lowest BCUT2D eigenvalue weighted by Crippen LogP contribution is -2.50. The van der Waals surface area contributed by atoms with Gasteiger partial charge in [-0.25, -0.2) is 0 Å². The fraction of sp³-hybridized carbons (Fsp3) is 0.700. The maximum absolute atomic E-state index is 12.8. The first-order valence-corrected chi connectivity index (χ1v) is 10.0. The first kappa shape index (κ1) is 21.1. The van der Waals surface area contributed by atoms with E-state index in [1.807, 2.05) is 12.1 Å². The van der Waals surface area contributed by atoms with Gasteiger partial charge in [0.05, 0.1) is 30.3 Å². The van der Waals surface area contributed by atoms with Gasteiger partial charge in [-0.1, -0.05) is 0 Å². The maximum Gasteiger partial charge on any atom is 0.228 e. The number of amides is 1. The lowest BCUT2D eigenvalue weighted by molar-refractivity contribution is -0.249. The average Bonchev–Trinajstić information content (AvgIpc) is 2.67. The average molecular weight is 394 g/mol. The van der Waals surface area contributed by atoms with Gasteiger partial charge in [0.15, 0.2) is 6.29 Å². The summed E-state index contributed by atoms with van der Waals surface area (Å²) >= 11 is 0. The number of aliphatic hydroxyl groups excluding tert-OH is 3. The molecular formula is C20H30N2O6. The summed E-state index contributed by atoms with van der Waals surface area (Å²) < 4.78 is 11.9. The summed E-state index contributed by atoms with van der Waals surface area (Å²) in [5.41, 5.74) is 0.927. The van der Waals surface area contributed by atoms with Gasteiger partial charge >= 0.3 is 0 Å². The molecule has 3 rings (SSSR count). The molecule has 0 aromatic carbocycles. The third kappa shape index (κ3) is 5.71. The Kier molecular flexibility index (Phi) is 7.75. The number of hydrogen-bond donors (Lipinski definition) is 4. The minimum absolute atomic E-state index is 0.0215. The summed E-state index contributed by atoms with van der Waals surface area (Å²) in [6.07, 6.45) is 3.75. The number of rotatable bonds is 7. The molecule has 0 spiro atoms. The molecule has 0 bridgehead atoms. The summed E-state index contributed by atoms with van der Waals surface area (Å²) in [5, 5.41) is 32.5. The zero-order valence-electron chi connectivity index (χ0n) is 15.9. The molecule has 2 aliphatic rings. The summed E-state index contributed by atoms with van der Waals surface area (Å²) in [7, 11) is 0. The number of carbonyl (C=O) groups is 1. The molecule has 1 saturated heterocycles. The molecule has 1 amide bonds. The first-order chi connectivity index (χ1) is 13.6. The number of pyridine rings is 1. The van der Waals surface area contributed by atoms with Crippen LogP contribution >= 0.6 is 0 Å². The van der Waals surface area contributed by atoms with E-state index in [4.69, 9.17) is 14.6 Å². The van der Waals surface area contributed by atoms with E-state index in [2.05, 4.69) is 10.3 Å². The Bertz CT molecular complexity index is 616. The Morgan fingerprint density at radius 1 is 1.25 bits per heavy atom. The van der Waals surface area contributed by atoms with Crippen LogP contribution in [0.1, 0.15) is 44.1 Å². The monoisotopic (exact) mass is 394 g/mol. The van der Waals surface area contributed by atoms with Gasteiger partial charge < -0.3 is 30.1 Å². The zero-order valence-corrected chi connectivity index (χ0v) is 15.9. The molecule has 1 saturated carbocycles. The van der Waals surface area contributed by atoms with E-state index in [1.165, 1.54) is 0 Å². The van der Waals surface area contributed by atoms with Crippen molar-refractivity contribution in [2.24, 2.45) is 5.92 Å². The molecule has 156 valence electrons. The molecule has 2 fully saturated rings. The molecule has 1 aromatic rings. The normalized spacial score (nSPS) is 33.4. The van der Waals surface area contributed by atoms with Crippen LogP contribution in [0.4, 0.5) is 0 Å². The number of nitrogens with zero attached hydrogens (tertiary/aromatic N) is 1. The Morgan fingerprint density at radius 3 is 2.79 bits per heavy atom. The Hall–Kier alpha value is -1.58. The van der Waals surface area contributed by atoms with E-state index in [-0.39, 0.29) is 18.6 Å². The lowest BCUT2D eigenvalue weighted by atomic mass is 9.83. The van der Waals surface area contributed by atoms with Crippen LogP contribution in [0.3, 0.4) is 0 Å². The topological polar surface area (TPSA) is 121 Å². The fourth-order valence-electron chi connectivity index (χ4n) is 4.00. The number of hydrogen-bond acceptors (Lipinski definition) is 7. The summed E-state index contributed by atoms with van der Waals surface area (Å²) in [6, 6.07) is 3.65. The van der Waals surface area contributed by atoms with E-state index in [1.54, 1.807) is 12.4 Å². The molecule has 4 N–H and O–H groups in total. The maximum atomic E-state index is 12.8. The van der Waals surface area contributed by atoms with E-state index in [9.17, 15) is 15.0 Å². The highest BCUT2D eigenvalue weighted by Gasteiger charge is 2.41. The van der Waals surface area contributed by atoms with Gasteiger partial charge in [0.2, 0.25) is 5.91 Å². The van der Waals surface area contributed by atoms with Gasteiger partial charge in [0, 0.05) is 32.0 Å². The summed E-state index contributed by atoms with van der Waals surface area (Å²) in [5.74, 6) is -0.938. The number of aliphatic hydroxyl groups is 3. The minimum atomic E-state index is -0.780. The van der Waals surface area contributed by atoms with Crippen molar-refractivity contribution < 1.29 is 29.6 Å². The molecule has 2 heterocycles. The van der Waals surface area contributed by atoms with Crippen LogP contribution in [0.15, 0.2) is 24.5 Å². The van der Waals surface area contributed by atoms with Gasteiger partial charge in [-0.05, 0) is 49.8 Å². The predicted octanol–water partition coefficient (Wildman–Crippen LogP) is 0.492. The van der Waals surface area contributed by atoms with Crippen molar-refractivity contribution in [2.75, 3.05) is 6.61 Å². The lowest BCUT2D eigenvalue weighted by Gasteiger charge is -2.39. The van der Waals surface area contributed by atoms with Crippen LogP contribution in [-0.4, -0.2) is 63.5 Å². The largest absolute Gasteiger partial charge is 0.396 e. The number of nitrogens with one attached hydrogen (secondary N) is 1. The van der Waals surface area contributed by atoms with E-state index < -0.39 is 30.5 Å². The molecule has 1 aromatic heterocycles. The Morgan fingerprint density at radius 2 is 2.04 bits per heavy atom. The predicted molar refractivity (Wildman–Crippen MR) is 99.9 cm³/mol. The molecule has 8 heteroatoms. The van der Waals surface area contributed by atoms with E-state index in [0.717, 1.165) is 12.0 Å². The van der Waals surface area contributed by atoms with Gasteiger partial charge in [-0.15, -0.1) is 0 Å². The van der Waals surface area contributed by atoms with Crippen molar-refractivity contribution in [1.82, 2.24) is 10.3 Å². The van der Waals surface area contributed by atoms with Crippen molar-refractivity contribution in [3.05, 3.63) is 30.1 Å². The third-order valence-electron chi connectivity index (χ3n) is 5.44. The molecule has 1 aliphatic carbocycles. The molecule has 3 unspecified atom stereocenters. The SMILES string of the molecule is O=C(NCc1ccncc1)C1C(O)CCCC1O[C@H]1C[C@@H](O)C[C@@H](CCO)O1.